The highest BCUT2D eigenvalue weighted by molar-refractivity contribution is 5.03. The Morgan fingerprint density at radius 3 is 2.82 bits per heavy atom. The van der Waals surface area contributed by atoms with Crippen molar-refractivity contribution >= 4 is 0 Å². The molecule has 0 aromatic carbocycles. The van der Waals surface area contributed by atoms with Crippen molar-refractivity contribution in [3.63, 3.8) is 0 Å². The summed E-state index contributed by atoms with van der Waals surface area (Å²) in [4.78, 5) is 0. The van der Waals surface area contributed by atoms with Gasteiger partial charge in [0.2, 0.25) is 0 Å². The average molecular weight is 152 g/mol. The second-order valence-electron chi connectivity index (χ2n) is 2.98. The summed E-state index contributed by atoms with van der Waals surface area (Å²) in [5.74, 6) is 0. The molecule has 1 aromatic rings. The standard InChI is InChI=1S/C9H16N2/c1-3-4-5-6-9-7-10-11(2)8-9/h7-8H,3-6H2,1-2H3. The highest BCUT2D eigenvalue weighted by atomic mass is 15.2. The number of aryl methyl sites for hydroxylation is 2. The fourth-order valence-corrected chi connectivity index (χ4v) is 1.18. The van der Waals surface area contributed by atoms with Crippen LogP contribution in [0.2, 0.25) is 0 Å². The quantitative estimate of drug-likeness (QED) is 0.604. The van der Waals surface area contributed by atoms with Gasteiger partial charge < -0.3 is 0 Å². The van der Waals surface area contributed by atoms with Gasteiger partial charge in [0, 0.05) is 13.2 Å². The van der Waals surface area contributed by atoms with Crippen molar-refractivity contribution in [1.82, 2.24) is 9.78 Å². The maximum Gasteiger partial charge on any atom is 0.0521 e. The Bertz CT molecular complexity index is 203. The first kappa shape index (κ1) is 8.31. The molecule has 0 N–H and O–H groups in total. The largest absolute Gasteiger partial charge is 0.276 e. The predicted molar refractivity (Wildman–Crippen MR) is 46.4 cm³/mol. The van der Waals surface area contributed by atoms with Gasteiger partial charge in [0.15, 0.2) is 0 Å². The van der Waals surface area contributed by atoms with Crippen molar-refractivity contribution in [2.45, 2.75) is 32.6 Å². The van der Waals surface area contributed by atoms with E-state index in [1.165, 1.54) is 31.2 Å². The van der Waals surface area contributed by atoms with E-state index in [2.05, 4.69) is 18.2 Å². The second kappa shape index (κ2) is 4.16. The second-order valence-corrected chi connectivity index (χ2v) is 2.98. The first-order valence-corrected chi connectivity index (χ1v) is 4.30. The number of hydrogen-bond donors (Lipinski definition) is 0. The van der Waals surface area contributed by atoms with Crippen molar-refractivity contribution in [2.24, 2.45) is 7.05 Å². The van der Waals surface area contributed by atoms with Crippen LogP contribution in [-0.4, -0.2) is 9.78 Å². The van der Waals surface area contributed by atoms with Crippen molar-refractivity contribution in [3.05, 3.63) is 18.0 Å². The van der Waals surface area contributed by atoms with Crippen LogP contribution in [0, 0.1) is 0 Å². The van der Waals surface area contributed by atoms with Crippen LogP contribution in [0.5, 0.6) is 0 Å². The molecule has 0 bridgehead atoms. The van der Waals surface area contributed by atoms with Crippen molar-refractivity contribution in [3.8, 4) is 0 Å². The van der Waals surface area contributed by atoms with Crippen LogP contribution in [0.15, 0.2) is 12.4 Å². The van der Waals surface area contributed by atoms with Crippen LogP contribution in [0.1, 0.15) is 31.7 Å². The summed E-state index contributed by atoms with van der Waals surface area (Å²) in [6.07, 6.45) is 9.14. The van der Waals surface area contributed by atoms with Gasteiger partial charge in [-0.1, -0.05) is 19.8 Å². The zero-order valence-electron chi connectivity index (χ0n) is 7.38. The third-order valence-electron chi connectivity index (χ3n) is 1.83. The molecule has 0 saturated carbocycles. The van der Waals surface area contributed by atoms with E-state index in [9.17, 15) is 0 Å². The number of rotatable bonds is 4. The van der Waals surface area contributed by atoms with Gasteiger partial charge in [-0.2, -0.15) is 5.10 Å². The van der Waals surface area contributed by atoms with E-state index in [1.54, 1.807) is 0 Å². The van der Waals surface area contributed by atoms with Gasteiger partial charge >= 0.3 is 0 Å². The van der Waals surface area contributed by atoms with Crippen LogP contribution in [0.4, 0.5) is 0 Å². The molecule has 0 aliphatic carbocycles. The average Bonchev–Trinajstić information content (AvgIpc) is 2.37. The van der Waals surface area contributed by atoms with Crippen molar-refractivity contribution in [2.75, 3.05) is 0 Å². The Hall–Kier alpha value is -0.790. The van der Waals surface area contributed by atoms with E-state index in [1.807, 2.05) is 17.9 Å². The topological polar surface area (TPSA) is 17.8 Å². The molecule has 0 radical (unpaired) electrons. The summed E-state index contributed by atoms with van der Waals surface area (Å²) < 4.78 is 1.86. The fraction of sp³-hybridized carbons (Fsp3) is 0.667. The van der Waals surface area contributed by atoms with Gasteiger partial charge in [-0.3, -0.25) is 4.68 Å². The zero-order chi connectivity index (χ0) is 8.10. The summed E-state index contributed by atoms with van der Waals surface area (Å²) in [5, 5.41) is 4.11. The monoisotopic (exact) mass is 152 g/mol. The lowest BCUT2D eigenvalue weighted by Gasteiger charge is -1.93. The summed E-state index contributed by atoms with van der Waals surface area (Å²) >= 11 is 0. The lowest BCUT2D eigenvalue weighted by molar-refractivity contribution is 0.716. The Balaban J connectivity index is 2.27. The Morgan fingerprint density at radius 1 is 1.45 bits per heavy atom. The van der Waals surface area contributed by atoms with Crippen LogP contribution in [-0.2, 0) is 13.5 Å². The van der Waals surface area contributed by atoms with E-state index in [0.29, 0.717) is 0 Å². The van der Waals surface area contributed by atoms with Gasteiger partial charge in [0.25, 0.3) is 0 Å². The van der Waals surface area contributed by atoms with E-state index < -0.39 is 0 Å². The molecule has 1 aromatic heterocycles. The molecule has 62 valence electrons. The molecular weight excluding hydrogens is 136 g/mol. The molecule has 0 aliphatic rings. The number of aromatic nitrogens is 2. The maximum atomic E-state index is 4.11. The Labute approximate surface area is 68.2 Å². The molecule has 2 heteroatoms. The molecule has 11 heavy (non-hydrogen) atoms. The summed E-state index contributed by atoms with van der Waals surface area (Å²) in [5.41, 5.74) is 1.36. The molecule has 0 fully saturated rings. The highest BCUT2D eigenvalue weighted by Gasteiger charge is 1.94. The maximum absolute atomic E-state index is 4.11. The molecule has 0 saturated heterocycles. The molecule has 0 atom stereocenters. The van der Waals surface area contributed by atoms with Crippen molar-refractivity contribution < 1.29 is 0 Å². The Morgan fingerprint density at radius 2 is 2.27 bits per heavy atom. The summed E-state index contributed by atoms with van der Waals surface area (Å²) in [6.45, 7) is 2.23. The number of unbranched alkanes of at least 4 members (excludes halogenated alkanes) is 2. The lowest BCUT2D eigenvalue weighted by atomic mass is 10.1. The zero-order valence-corrected chi connectivity index (χ0v) is 7.38. The minimum absolute atomic E-state index is 1.18. The molecule has 1 heterocycles. The van der Waals surface area contributed by atoms with E-state index in [0.717, 1.165) is 0 Å². The summed E-state index contributed by atoms with van der Waals surface area (Å²) in [6, 6.07) is 0. The number of hydrogen-bond acceptors (Lipinski definition) is 1. The first-order valence-electron chi connectivity index (χ1n) is 4.30. The highest BCUT2D eigenvalue weighted by Crippen LogP contribution is 2.04. The Kier molecular flexibility index (Phi) is 3.14. The minimum Gasteiger partial charge on any atom is -0.276 e. The van der Waals surface area contributed by atoms with Gasteiger partial charge in [-0.25, -0.2) is 0 Å². The summed E-state index contributed by atoms with van der Waals surface area (Å²) in [7, 11) is 1.96. The normalized spacial score (nSPS) is 10.4. The third kappa shape index (κ3) is 2.74. The van der Waals surface area contributed by atoms with Crippen LogP contribution in [0.25, 0.3) is 0 Å². The van der Waals surface area contributed by atoms with E-state index >= 15 is 0 Å². The smallest absolute Gasteiger partial charge is 0.0521 e. The third-order valence-corrected chi connectivity index (χ3v) is 1.83. The van der Waals surface area contributed by atoms with Crippen LogP contribution < -0.4 is 0 Å². The molecule has 0 aliphatic heterocycles. The van der Waals surface area contributed by atoms with Gasteiger partial charge in [0.05, 0.1) is 6.20 Å². The van der Waals surface area contributed by atoms with Crippen LogP contribution >= 0.6 is 0 Å². The van der Waals surface area contributed by atoms with Gasteiger partial charge in [-0.05, 0) is 18.4 Å². The first-order chi connectivity index (χ1) is 5.33. The number of nitrogens with zero attached hydrogens (tertiary/aromatic N) is 2. The van der Waals surface area contributed by atoms with Crippen molar-refractivity contribution in [1.29, 1.82) is 0 Å². The molecule has 2 nitrogen and oxygen atoms in total. The van der Waals surface area contributed by atoms with Crippen LogP contribution in [0.3, 0.4) is 0 Å². The molecule has 0 amide bonds. The fourth-order valence-electron chi connectivity index (χ4n) is 1.18. The van der Waals surface area contributed by atoms with E-state index in [4.69, 9.17) is 0 Å². The molecule has 0 spiro atoms. The minimum atomic E-state index is 1.18. The lowest BCUT2D eigenvalue weighted by Crippen LogP contribution is -1.85. The molecule has 1 rings (SSSR count). The van der Waals surface area contributed by atoms with Gasteiger partial charge in [0.1, 0.15) is 0 Å². The molecular formula is C9H16N2. The van der Waals surface area contributed by atoms with Gasteiger partial charge in [-0.15, -0.1) is 0 Å². The SMILES string of the molecule is CCCCCc1cnn(C)c1. The predicted octanol–water partition coefficient (Wildman–Crippen LogP) is 2.15. The molecule has 0 unspecified atom stereocenters. The van der Waals surface area contributed by atoms with E-state index in [-0.39, 0.29) is 0 Å².